The van der Waals surface area contributed by atoms with Crippen LogP contribution in [0, 0.1) is 0 Å². The average molecular weight is 409 g/mol. The molecule has 2 aliphatic rings. The largest absolute Gasteiger partial charge is 0.496 e. The van der Waals surface area contributed by atoms with Gasteiger partial charge in [0.15, 0.2) is 0 Å². The van der Waals surface area contributed by atoms with Gasteiger partial charge in [-0.3, -0.25) is 9.69 Å². The van der Waals surface area contributed by atoms with Crippen LogP contribution in [0.1, 0.15) is 37.7 Å². The molecule has 2 heterocycles. The van der Waals surface area contributed by atoms with Gasteiger partial charge < -0.3 is 15.0 Å². The summed E-state index contributed by atoms with van der Waals surface area (Å²) in [5.74, 6) is 1.34. The number of nitrogens with one attached hydrogen (secondary N) is 1. The SMILES string of the molecule is COc1ccccc1CCC(=O)Nc1ccc(N2CCN(C3CCCC3)C2=O)nc1. The number of nitrogens with zero attached hydrogens (tertiary/aromatic N) is 3. The van der Waals surface area contributed by atoms with Gasteiger partial charge in [-0.05, 0) is 43.0 Å². The Labute approximate surface area is 177 Å². The minimum Gasteiger partial charge on any atom is -0.496 e. The highest BCUT2D eigenvalue weighted by Crippen LogP contribution is 2.28. The molecular weight excluding hydrogens is 380 g/mol. The van der Waals surface area contributed by atoms with Gasteiger partial charge in [-0.15, -0.1) is 0 Å². The smallest absolute Gasteiger partial charge is 0.326 e. The van der Waals surface area contributed by atoms with Gasteiger partial charge in [-0.1, -0.05) is 31.0 Å². The first-order valence-electron chi connectivity index (χ1n) is 10.6. The van der Waals surface area contributed by atoms with E-state index in [1.165, 1.54) is 12.8 Å². The molecule has 1 saturated heterocycles. The molecule has 7 nitrogen and oxygen atoms in total. The molecule has 0 unspecified atom stereocenters. The topological polar surface area (TPSA) is 74.8 Å². The molecular formula is C23H28N4O3. The molecule has 158 valence electrons. The highest BCUT2D eigenvalue weighted by molar-refractivity contribution is 5.94. The number of para-hydroxylation sites is 1. The molecule has 0 atom stereocenters. The van der Waals surface area contributed by atoms with Crippen molar-refractivity contribution in [3.63, 3.8) is 0 Å². The van der Waals surface area contributed by atoms with Crippen LogP contribution in [-0.4, -0.2) is 48.1 Å². The van der Waals surface area contributed by atoms with E-state index in [-0.39, 0.29) is 11.9 Å². The molecule has 1 aromatic carbocycles. The Hall–Kier alpha value is -3.09. The van der Waals surface area contributed by atoms with E-state index < -0.39 is 0 Å². The molecule has 2 aromatic rings. The Bertz CT molecular complexity index is 894. The van der Waals surface area contributed by atoms with Crippen LogP contribution in [0.15, 0.2) is 42.6 Å². The summed E-state index contributed by atoms with van der Waals surface area (Å²) in [5.41, 5.74) is 1.63. The number of anilines is 2. The molecule has 3 amide bonds. The van der Waals surface area contributed by atoms with Crippen molar-refractivity contribution < 1.29 is 14.3 Å². The van der Waals surface area contributed by atoms with Crippen LogP contribution in [0.5, 0.6) is 5.75 Å². The van der Waals surface area contributed by atoms with Crippen molar-refractivity contribution in [2.75, 3.05) is 30.4 Å². The van der Waals surface area contributed by atoms with Gasteiger partial charge in [0.2, 0.25) is 5.91 Å². The Morgan fingerprint density at radius 1 is 1.17 bits per heavy atom. The second-order valence-electron chi connectivity index (χ2n) is 7.83. The second kappa shape index (κ2) is 9.15. The minimum atomic E-state index is -0.0832. The molecule has 4 rings (SSSR count). The monoisotopic (exact) mass is 408 g/mol. The summed E-state index contributed by atoms with van der Waals surface area (Å²) in [6, 6.07) is 11.7. The summed E-state index contributed by atoms with van der Waals surface area (Å²) in [6.07, 6.45) is 7.18. The number of hydrogen-bond donors (Lipinski definition) is 1. The zero-order valence-corrected chi connectivity index (χ0v) is 17.3. The summed E-state index contributed by atoms with van der Waals surface area (Å²) in [6.45, 7) is 1.42. The Kier molecular flexibility index (Phi) is 6.16. The van der Waals surface area contributed by atoms with Crippen LogP contribution in [0.3, 0.4) is 0 Å². The maximum absolute atomic E-state index is 12.8. The quantitative estimate of drug-likeness (QED) is 0.755. The Morgan fingerprint density at radius 3 is 2.70 bits per heavy atom. The van der Waals surface area contributed by atoms with Crippen molar-refractivity contribution in [1.82, 2.24) is 9.88 Å². The highest BCUT2D eigenvalue weighted by Gasteiger charge is 2.36. The molecule has 1 saturated carbocycles. The lowest BCUT2D eigenvalue weighted by molar-refractivity contribution is -0.116. The third kappa shape index (κ3) is 4.40. The summed E-state index contributed by atoms with van der Waals surface area (Å²) in [7, 11) is 1.63. The number of rotatable bonds is 7. The minimum absolute atomic E-state index is 0.0444. The number of hydrogen-bond acceptors (Lipinski definition) is 4. The number of carbonyl (C=O) groups excluding carboxylic acids is 2. The fraction of sp³-hybridized carbons (Fsp3) is 0.435. The van der Waals surface area contributed by atoms with Gasteiger partial charge in [0.05, 0.1) is 19.0 Å². The number of ether oxygens (including phenoxy) is 1. The van der Waals surface area contributed by atoms with E-state index in [1.54, 1.807) is 30.3 Å². The molecule has 1 aliphatic carbocycles. The molecule has 0 spiro atoms. The lowest BCUT2D eigenvalue weighted by atomic mass is 10.1. The third-order valence-electron chi connectivity index (χ3n) is 5.93. The number of amides is 3. The van der Waals surface area contributed by atoms with Gasteiger partial charge in [0.1, 0.15) is 11.6 Å². The predicted octanol–water partition coefficient (Wildman–Crippen LogP) is 3.85. The summed E-state index contributed by atoms with van der Waals surface area (Å²) in [5, 5.41) is 2.88. The number of aryl methyl sites for hydroxylation is 1. The molecule has 1 N–H and O–H groups in total. The standard InChI is InChI=1S/C23H28N4O3/c1-30-20-9-5-2-6-17(20)10-13-22(28)25-18-11-12-21(24-16-18)27-15-14-26(23(27)29)19-7-3-4-8-19/h2,5-6,9,11-12,16,19H,3-4,7-8,10,13-15H2,1H3,(H,25,28). The van der Waals surface area contributed by atoms with Crippen molar-refractivity contribution in [2.24, 2.45) is 0 Å². The maximum Gasteiger partial charge on any atom is 0.326 e. The molecule has 2 fully saturated rings. The van der Waals surface area contributed by atoms with E-state index in [1.807, 2.05) is 29.2 Å². The van der Waals surface area contributed by atoms with Crippen LogP contribution in [0.25, 0.3) is 0 Å². The number of urea groups is 1. The fourth-order valence-electron chi connectivity index (χ4n) is 4.32. The molecule has 7 heteroatoms. The third-order valence-corrected chi connectivity index (χ3v) is 5.93. The van der Waals surface area contributed by atoms with E-state index >= 15 is 0 Å². The van der Waals surface area contributed by atoms with E-state index in [2.05, 4.69) is 10.3 Å². The number of carbonyl (C=O) groups is 2. The number of benzene rings is 1. The van der Waals surface area contributed by atoms with Gasteiger partial charge in [-0.25, -0.2) is 9.78 Å². The Balaban J connectivity index is 1.31. The Morgan fingerprint density at radius 2 is 1.97 bits per heavy atom. The van der Waals surface area contributed by atoms with Gasteiger partial charge in [-0.2, -0.15) is 0 Å². The fourth-order valence-corrected chi connectivity index (χ4v) is 4.32. The average Bonchev–Trinajstić information content (AvgIpc) is 3.43. The van der Waals surface area contributed by atoms with Gasteiger partial charge in [0, 0.05) is 25.6 Å². The van der Waals surface area contributed by atoms with Crippen molar-refractivity contribution in [3.8, 4) is 5.75 Å². The number of methoxy groups -OCH3 is 1. The van der Waals surface area contributed by atoms with Gasteiger partial charge in [0.25, 0.3) is 0 Å². The van der Waals surface area contributed by atoms with E-state index in [9.17, 15) is 9.59 Å². The normalized spacial score (nSPS) is 16.9. The molecule has 0 radical (unpaired) electrons. The van der Waals surface area contributed by atoms with Crippen LogP contribution in [0.2, 0.25) is 0 Å². The first kappa shape index (κ1) is 20.2. The predicted molar refractivity (Wildman–Crippen MR) is 116 cm³/mol. The number of pyridine rings is 1. The summed E-state index contributed by atoms with van der Waals surface area (Å²) in [4.78, 5) is 33.2. The first-order chi connectivity index (χ1) is 14.7. The van der Waals surface area contributed by atoms with Crippen molar-refractivity contribution in [1.29, 1.82) is 0 Å². The lowest BCUT2D eigenvalue weighted by Gasteiger charge is -2.23. The van der Waals surface area contributed by atoms with Crippen LogP contribution < -0.4 is 15.0 Å². The van der Waals surface area contributed by atoms with E-state index in [0.29, 0.717) is 36.9 Å². The van der Waals surface area contributed by atoms with Crippen molar-refractivity contribution in [2.45, 2.75) is 44.6 Å². The summed E-state index contributed by atoms with van der Waals surface area (Å²) < 4.78 is 5.33. The highest BCUT2D eigenvalue weighted by atomic mass is 16.5. The zero-order valence-electron chi connectivity index (χ0n) is 17.3. The van der Waals surface area contributed by atoms with Crippen molar-refractivity contribution in [3.05, 3.63) is 48.2 Å². The zero-order chi connectivity index (χ0) is 20.9. The maximum atomic E-state index is 12.8. The molecule has 1 aromatic heterocycles. The lowest BCUT2D eigenvalue weighted by Crippen LogP contribution is -2.38. The van der Waals surface area contributed by atoms with Crippen LogP contribution in [0.4, 0.5) is 16.3 Å². The second-order valence-corrected chi connectivity index (χ2v) is 7.83. The molecule has 30 heavy (non-hydrogen) atoms. The number of aromatic nitrogens is 1. The molecule has 1 aliphatic heterocycles. The van der Waals surface area contributed by atoms with Gasteiger partial charge >= 0.3 is 6.03 Å². The van der Waals surface area contributed by atoms with E-state index in [0.717, 1.165) is 30.7 Å². The van der Waals surface area contributed by atoms with E-state index in [4.69, 9.17) is 4.74 Å². The first-order valence-corrected chi connectivity index (χ1v) is 10.6. The molecule has 0 bridgehead atoms. The van der Waals surface area contributed by atoms with Crippen LogP contribution >= 0.6 is 0 Å². The van der Waals surface area contributed by atoms with Crippen molar-refractivity contribution >= 4 is 23.4 Å². The van der Waals surface area contributed by atoms with Crippen LogP contribution in [-0.2, 0) is 11.2 Å². The summed E-state index contributed by atoms with van der Waals surface area (Å²) >= 11 is 0.